The topological polar surface area (TPSA) is 164 Å². The summed E-state index contributed by atoms with van der Waals surface area (Å²) in [6, 6.07) is 11.9. The molecule has 1 aromatic carbocycles. The second-order valence-electron chi connectivity index (χ2n) is 5.57. The van der Waals surface area contributed by atoms with Crippen molar-refractivity contribution in [3.05, 3.63) is 76.5 Å². The highest BCUT2D eigenvalue weighted by Gasteiger charge is 2.24. The number of furan rings is 1. The summed E-state index contributed by atoms with van der Waals surface area (Å²) in [6.07, 6.45) is 2.40. The van der Waals surface area contributed by atoms with Crippen LogP contribution in [0.5, 0.6) is 0 Å². The summed E-state index contributed by atoms with van der Waals surface area (Å²) in [6.45, 7) is 0. The van der Waals surface area contributed by atoms with Crippen LogP contribution in [-0.2, 0) is 11.2 Å². The van der Waals surface area contributed by atoms with Gasteiger partial charge in [0.1, 0.15) is 6.33 Å². The number of amides is 2. The number of benzene rings is 1. The number of aromatic nitrogens is 2. The normalized spacial score (nSPS) is 10.1. The fourth-order valence-corrected chi connectivity index (χ4v) is 2.27. The maximum atomic E-state index is 12.0. The maximum Gasteiger partial charge on any atom is 0.356 e. The van der Waals surface area contributed by atoms with E-state index in [0.29, 0.717) is 0 Å². The standard InChI is InChI=1S/C17H15N7O5/c25-13(9-11-5-2-1-3-6-11)20-21-15-14(24(27)28)16(19-10-18-15)22-23-17(26)12-7-4-8-29-12/h1-8,10H,9H2,(H,20,25)(H,23,26)(H2,18,19,21,22). The van der Waals surface area contributed by atoms with Gasteiger partial charge in [0.2, 0.25) is 17.5 Å². The van der Waals surface area contributed by atoms with Gasteiger partial charge in [-0.15, -0.1) is 0 Å². The molecule has 0 aliphatic rings. The van der Waals surface area contributed by atoms with Gasteiger partial charge in [-0.05, 0) is 17.7 Å². The van der Waals surface area contributed by atoms with Crippen LogP contribution < -0.4 is 21.7 Å². The van der Waals surface area contributed by atoms with E-state index >= 15 is 0 Å². The third kappa shape index (κ3) is 5.03. The summed E-state index contributed by atoms with van der Waals surface area (Å²) in [5, 5.41) is 11.5. The van der Waals surface area contributed by atoms with Crippen LogP contribution >= 0.6 is 0 Å². The molecule has 12 heteroatoms. The Kier molecular flexibility index (Phi) is 5.95. The number of hydrogen-bond acceptors (Lipinski definition) is 9. The molecule has 0 unspecified atom stereocenters. The molecule has 148 valence electrons. The Labute approximate surface area is 163 Å². The number of rotatable bonds is 8. The first kappa shape index (κ1) is 19.3. The van der Waals surface area contributed by atoms with Crippen LogP contribution in [0.4, 0.5) is 17.3 Å². The summed E-state index contributed by atoms with van der Waals surface area (Å²) in [5.41, 5.74) is 9.52. The van der Waals surface area contributed by atoms with Gasteiger partial charge in [0.15, 0.2) is 5.76 Å². The first-order valence-electron chi connectivity index (χ1n) is 8.22. The van der Waals surface area contributed by atoms with Crippen molar-refractivity contribution in [2.24, 2.45) is 0 Å². The van der Waals surface area contributed by atoms with Gasteiger partial charge in [-0.2, -0.15) is 0 Å². The van der Waals surface area contributed by atoms with Crippen molar-refractivity contribution in [2.75, 3.05) is 10.9 Å². The van der Waals surface area contributed by atoms with Crippen LogP contribution in [0.3, 0.4) is 0 Å². The van der Waals surface area contributed by atoms with Gasteiger partial charge in [-0.25, -0.2) is 9.97 Å². The lowest BCUT2D eigenvalue weighted by Gasteiger charge is -2.11. The first-order valence-corrected chi connectivity index (χ1v) is 8.22. The fourth-order valence-electron chi connectivity index (χ4n) is 2.27. The number of hydrazine groups is 2. The monoisotopic (exact) mass is 397 g/mol. The minimum atomic E-state index is -0.757. The predicted octanol–water partition coefficient (Wildman–Crippen LogP) is 1.42. The molecule has 2 amide bonds. The first-order chi connectivity index (χ1) is 14.0. The Morgan fingerprint density at radius 1 is 1.00 bits per heavy atom. The molecule has 3 rings (SSSR count). The van der Waals surface area contributed by atoms with Gasteiger partial charge < -0.3 is 4.42 Å². The number of carbonyl (C=O) groups excluding carboxylic acids is 2. The van der Waals surface area contributed by atoms with Crippen molar-refractivity contribution in [2.45, 2.75) is 6.42 Å². The van der Waals surface area contributed by atoms with Gasteiger partial charge in [0, 0.05) is 0 Å². The lowest BCUT2D eigenvalue weighted by Crippen LogP contribution is -2.32. The van der Waals surface area contributed by atoms with E-state index < -0.39 is 22.4 Å². The summed E-state index contributed by atoms with van der Waals surface area (Å²) >= 11 is 0. The zero-order valence-electron chi connectivity index (χ0n) is 14.8. The quantitative estimate of drug-likeness (QED) is 0.325. The number of hydrogen-bond donors (Lipinski definition) is 4. The molecule has 0 aliphatic heterocycles. The number of nitrogens with one attached hydrogen (secondary N) is 4. The van der Waals surface area contributed by atoms with Gasteiger partial charge in [0.25, 0.3) is 0 Å². The van der Waals surface area contributed by atoms with Crippen LogP contribution in [0.25, 0.3) is 0 Å². The van der Waals surface area contributed by atoms with E-state index in [1.165, 1.54) is 18.4 Å². The molecule has 2 heterocycles. The van der Waals surface area contributed by atoms with Crippen molar-refractivity contribution in [1.29, 1.82) is 0 Å². The Bertz CT molecular complexity index is 1010. The minimum Gasteiger partial charge on any atom is -0.459 e. The minimum absolute atomic E-state index is 0.000679. The third-order valence-electron chi connectivity index (χ3n) is 3.57. The zero-order valence-corrected chi connectivity index (χ0v) is 14.8. The van der Waals surface area contributed by atoms with Crippen molar-refractivity contribution in [1.82, 2.24) is 20.8 Å². The molecule has 0 saturated heterocycles. The Morgan fingerprint density at radius 2 is 1.69 bits per heavy atom. The van der Waals surface area contributed by atoms with E-state index in [0.717, 1.165) is 11.9 Å². The number of nitro groups is 1. The third-order valence-corrected chi connectivity index (χ3v) is 3.57. The SMILES string of the molecule is O=C(Cc1ccccc1)NNc1ncnc(NNC(=O)c2ccco2)c1[N+](=O)[O-]. The van der Waals surface area contributed by atoms with E-state index in [4.69, 9.17) is 4.42 Å². The van der Waals surface area contributed by atoms with Crippen molar-refractivity contribution in [3.8, 4) is 0 Å². The van der Waals surface area contributed by atoms with Gasteiger partial charge in [-0.1, -0.05) is 30.3 Å². The lowest BCUT2D eigenvalue weighted by molar-refractivity contribution is -0.383. The smallest absolute Gasteiger partial charge is 0.356 e. The number of carbonyl (C=O) groups is 2. The zero-order chi connectivity index (χ0) is 20.6. The van der Waals surface area contributed by atoms with Crippen LogP contribution in [0.2, 0.25) is 0 Å². The fraction of sp³-hybridized carbons (Fsp3) is 0.0588. The van der Waals surface area contributed by atoms with Gasteiger partial charge >= 0.3 is 11.6 Å². The number of nitrogens with zero attached hydrogens (tertiary/aromatic N) is 3. The van der Waals surface area contributed by atoms with Gasteiger partial charge in [-0.3, -0.25) is 41.4 Å². The Hall–Kier alpha value is -4.48. The van der Waals surface area contributed by atoms with Crippen molar-refractivity contribution in [3.63, 3.8) is 0 Å². The Balaban J connectivity index is 1.67. The molecule has 2 aromatic heterocycles. The van der Waals surface area contributed by atoms with E-state index in [2.05, 4.69) is 31.7 Å². The largest absolute Gasteiger partial charge is 0.459 e. The van der Waals surface area contributed by atoms with Gasteiger partial charge in [0.05, 0.1) is 17.6 Å². The molecule has 0 saturated carbocycles. The van der Waals surface area contributed by atoms with Crippen molar-refractivity contribution >= 4 is 29.1 Å². The molecule has 0 fully saturated rings. The summed E-state index contributed by atoms with van der Waals surface area (Å²) in [7, 11) is 0. The van der Waals surface area contributed by atoms with E-state index in [-0.39, 0.29) is 23.8 Å². The van der Waals surface area contributed by atoms with E-state index in [1.807, 2.05) is 6.07 Å². The highest BCUT2D eigenvalue weighted by atomic mass is 16.6. The average molecular weight is 397 g/mol. The highest BCUT2D eigenvalue weighted by Crippen LogP contribution is 2.27. The van der Waals surface area contributed by atoms with Crippen LogP contribution in [0.1, 0.15) is 16.1 Å². The molecule has 4 N–H and O–H groups in total. The molecule has 12 nitrogen and oxygen atoms in total. The van der Waals surface area contributed by atoms with E-state index in [9.17, 15) is 19.7 Å². The molecule has 0 atom stereocenters. The molecule has 0 radical (unpaired) electrons. The van der Waals surface area contributed by atoms with Crippen LogP contribution in [0, 0.1) is 10.1 Å². The second kappa shape index (κ2) is 8.94. The number of anilines is 2. The molecule has 3 aromatic rings. The lowest BCUT2D eigenvalue weighted by atomic mass is 10.1. The Morgan fingerprint density at radius 3 is 2.31 bits per heavy atom. The molecular formula is C17H15N7O5. The summed E-state index contributed by atoms with van der Waals surface area (Å²) in [4.78, 5) is 42.1. The molecule has 0 spiro atoms. The molecule has 0 aliphatic carbocycles. The maximum absolute atomic E-state index is 12.0. The van der Waals surface area contributed by atoms with Crippen LogP contribution in [-0.4, -0.2) is 26.7 Å². The van der Waals surface area contributed by atoms with Crippen LogP contribution in [0.15, 0.2) is 59.5 Å². The predicted molar refractivity (Wildman–Crippen MR) is 100 cm³/mol. The van der Waals surface area contributed by atoms with Crippen molar-refractivity contribution < 1.29 is 18.9 Å². The molecular weight excluding hydrogens is 382 g/mol. The molecule has 0 bridgehead atoms. The average Bonchev–Trinajstić information content (AvgIpc) is 3.26. The summed E-state index contributed by atoms with van der Waals surface area (Å²) < 4.78 is 4.92. The summed E-state index contributed by atoms with van der Waals surface area (Å²) in [5.74, 6) is -1.63. The highest BCUT2D eigenvalue weighted by molar-refractivity contribution is 5.92. The van der Waals surface area contributed by atoms with E-state index in [1.54, 1.807) is 24.3 Å². The molecule has 29 heavy (non-hydrogen) atoms. The second-order valence-corrected chi connectivity index (χ2v) is 5.57.